The van der Waals surface area contributed by atoms with E-state index in [2.05, 4.69) is 19.7 Å². The van der Waals surface area contributed by atoms with E-state index in [0.717, 1.165) is 0 Å². The highest BCUT2D eigenvalue weighted by molar-refractivity contribution is 5.90. The summed E-state index contributed by atoms with van der Waals surface area (Å²) in [6, 6.07) is 9.07. The predicted molar refractivity (Wildman–Crippen MR) is 144 cm³/mol. The molecule has 0 aromatic heterocycles. The fraction of sp³-hybridized carbons (Fsp3) is 0.200. The van der Waals surface area contributed by atoms with E-state index >= 15 is 0 Å². The molecule has 0 fully saturated rings. The molecule has 198 valence electrons. The quantitative estimate of drug-likeness (QED) is 0.167. The van der Waals surface area contributed by atoms with Crippen LogP contribution in [0.15, 0.2) is 72.9 Å². The minimum Gasteiger partial charge on any atom is -0.426 e. The fourth-order valence-electron chi connectivity index (χ4n) is 2.62. The van der Waals surface area contributed by atoms with E-state index in [9.17, 15) is 19.2 Å². The molecule has 0 saturated carbocycles. The number of rotatable bonds is 10. The van der Waals surface area contributed by atoms with Crippen molar-refractivity contribution in [2.24, 2.45) is 5.92 Å². The van der Waals surface area contributed by atoms with Gasteiger partial charge < -0.3 is 18.9 Å². The number of hydrogen-bond acceptors (Lipinski definition) is 8. The van der Waals surface area contributed by atoms with Crippen molar-refractivity contribution >= 4 is 36.0 Å². The largest absolute Gasteiger partial charge is 0.426 e. The first kappa shape index (κ1) is 29.5. The van der Waals surface area contributed by atoms with Gasteiger partial charge >= 0.3 is 23.9 Å². The molecule has 2 aromatic carbocycles. The lowest BCUT2D eigenvalue weighted by Gasteiger charge is -2.11. The number of carbonyl (C=O) groups is 4. The third-order valence-electron chi connectivity index (χ3n) is 4.64. The van der Waals surface area contributed by atoms with Gasteiger partial charge in [0.1, 0.15) is 23.0 Å². The highest BCUT2D eigenvalue weighted by Gasteiger charge is 2.14. The third-order valence-corrected chi connectivity index (χ3v) is 4.64. The van der Waals surface area contributed by atoms with Crippen molar-refractivity contribution in [3.05, 3.63) is 84.0 Å². The van der Waals surface area contributed by atoms with Crippen LogP contribution in [0, 0.1) is 5.92 Å². The second-order valence-corrected chi connectivity index (χ2v) is 8.89. The SMILES string of the molecule is C=C(C)C(=O)Oc1cc(/C=C/c2cc(OC(=O)C(=C)C)cc(OC(=O)C(C)C)c2)cc(OC(=O)C(=C)C)c1. The number of benzene rings is 2. The summed E-state index contributed by atoms with van der Waals surface area (Å²) in [4.78, 5) is 48.3. The highest BCUT2D eigenvalue weighted by Crippen LogP contribution is 2.28. The van der Waals surface area contributed by atoms with Gasteiger partial charge in [-0.2, -0.15) is 0 Å². The van der Waals surface area contributed by atoms with Crippen molar-refractivity contribution in [3.63, 3.8) is 0 Å². The Morgan fingerprint density at radius 1 is 0.579 bits per heavy atom. The van der Waals surface area contributed by atoms with Crippen molar-refractivity contribution in [1.29, 1.82) is 0 Å². The van der Waals surface area contributed by atoms with Gasteiger partial charge in [0.2, 0.25) is 0 Å². The summed E-state index contributed by atoms with van der Waals surface area (Å²) in [5, 5.41) is 0. The Kier molecular flexibility index (Phi) is 10.1. The maximum absolute atomic E-state index is 12.1. The molecule has 8 nitrogen and oxygen atoms in total. The molecule has 0 radical (unpaired) electrons. The Labute approximate surface area is 221 Å². The summed E-state index contributed by atoms with van der Waals surface area (Å²) >= 11 is 0. The second kappa shape index (κ2) is 13.0. The molecule has 0 spiro atoms. The van der Waals surface area contributed by atoms with Crippen LogP contribution in [0.1, 0.15) is 45.7 Å². The van der Waals surface area contributed by atoms with Crippen LogP contribution in [-0.4, -0.2) is 23.9 Å². The Hall–Kier alpha value is -4.72. The average Bonchev–Trinajstić information content (AvgIpc) is 2.82. The van der Waals surface area contributed by atoms with Crippen molar-refractivity contribution in [3.8, 4) is 23.0 Å². The molecule has 0 aliphatic heterocycles. The molecule has 0 amide bonds. The minimum atomic E-state index is -0.646. The van der Waals surface area contributed by atoms with Gasteiger partial charge in [0, 0.05) is 28.9 Å². The molecule has 8 heteroatoms. The molecule has 0 bridgehead atoms. The molecule has 38 heavy (non-hydrogen) atoms. The van der Waals surface area contributed by atoms with Crippen LogP contribution in [0.2, 0.25) is 0 Å². The summed E-state index contributed by atoms with van der Waals surface area (Å²) in [6.07, 6.45) is 3.29. The predicted octanol–water partition coefficient (Wildman–Crippen LogP) is 5.86. The van der Waals surface area contributed by atoms with E-state index in [-0.39, 0.29) is 45.6 Å². The summed E-state index contributed by atoms with van der Waals surface area (Å²) in [7, 11) is 0. The van der Waals surface area contributed by atoms with Gasteiger partial charge in [0.15, 0.2) is 0 Å². The molecule has 0 aliphatic rings. The first-order valence-corrected chi connectivity index (χ1v) is 11.6. The van der Waals surface area contributed by atoms with E-state index in [1.54, 1.807) is 50.3 Å². The molecule has 2 aromatic rings. The Bertz CT molecular complexity index is 1300. The number of ether oxygens (including phenoxy) is 4. The average molecular weight is 519 g/mol. The zero-order chi connectivity index (χ0) is 28.6. The van der Waals surface area contributed by atoms with E-state index in [1.165, 1.54) is 32.9 Å². The van der Waals surface area contributed by atoms with Gasteiger partial charge in [-0.3, -0.25) is 4.79 Å². The number of carbonyl (C=O) groups excluding carboxylic acids is 4. The zero-order valence-corrected chi connectivity index (χ0v) is 22.1. The molecular weight excluding hydrogens is 488 g/mol. The maximum atomic E-state index is 12.1. The van der Waals surface area contributed by atoms with E-state index in [1.807, 2.05) is 0 Å². The van der Waals surface area contributed by atoms with Crippen LogP contribution in [0.25, 0.3) is 12.2 Å². The van der Waals surface area contributed by atoms with Gasteiger partial charge in [-0.1, -0.05) is 45.7 Å². The molecule has 0 N–H and O–H groups in total. The number of hydrogen-bond donors (Lipinski definition) is 0. The van der Waals surface area contributed by atoms with Crippen LogP contribution in [0.5, 0.6) is 23.0 Å². The summed E-state index contributed by atoms with van der Waals surface area (Å²) in [5.74, 6) is -2.19. The molecule has 2 rings (SSSR count). The lowest BCUT2D eigenvalue weighted by molar-refractivity contribution is -0.137. The van der Waals surface area contributed by atoms with Crippen molar-refractivity contribution in [2.75, 3.05) is 0 Å². The summed E-state index contributed by atoms with van der Waals surface area (Å²) in [5.41, 5.74) is 1.61. The molecule has 0 atom stereocenters. The smallest absolute Gasteiger partial charge is 0.338 e. The van der Waals surface area contributed by atoms with Crippen LogP contribution < -0.4 is 18.9 Å². The van der Waals surface area contributed by atoms with Crippen molar-refractivity contribution in [2.45, 2.75) is 34.6 Å². The van der Waals surface area contributed by atoms with E-state index < -0.39 is 23.9 Å². The van der Waals surface area contributed by atoms with Crippen LogP contribution in [0.4, 0.5) is 0 Å². The monoisotopic (exact) mass is 518 g/mol. The lowest BCUT2D eigenvalue weighted by atomic mass is 10.1. The molecule has 0 heterocycles. The van der Waals surface area contributed by atoms with Gasteiger partial charge in [0.05, 0.1) is 5.92 Å². The van der Waals surface area contributed by atoms with Gasteiger partial charge in [-0.05, 0) is 56.2 Å². The maximum Gasteiger partial charge on any atom is 0.338 e. The molecule has 0 unspecified atom stereocenters. The summed E-state index contributed by atoms with van der Waals surface area (Å²) in [6.45, 7) is 18.6. The van der Waals surface area contributed by atoms with Crippen LogP contribution in [0.3, 0.4) is 0 Å². The van der Waals surface area contributed by atoms with Gasteiger partial charge in [-0.25, -0.2) is 14.4 Å². The zero-order valence-electron chi connectivity index (χ0n) is 22.1. The van der Waals surface area contributed by atoms with Crippen molar-refractivity contribution < 1.29 is 38.1 Å². The number of esters is 4. The third kappa shape index (κ3) is 9.05. The fourth-order valence-corrected chi connectivity index (χ4v) is 2.62. The van der Waals surface area contributed by atoms with E-state index in [4.69, 9.17) is 18.9 Å². The Morgan fingerprint density at radius 3 is 1.13 bits per heavy atom. The Balaban J connectivity index is 2.49. The van der Waals surface area contributed by atoms with E-state index in [0.29, 0.717) is 11.1 Å². The molecule has 0 aliphatic carbocycles. The highest BCUT2D eigenvalue weighted by atomic mass is 16.6. The Morgan fingerprint density at radius 2 is 0.868 bits per heavy atom. The second-order valence-electron chi connectivity index (χ2n) is 8.89. The molecular formula is C30H30O8. The molecule has 0 saturated heterocycles. The lowest BCUT2D eigenvalue weighted by Crippen LogP contribution is -2.15. The topological polar surface area (TPSA) is 105 Å². The normalized spacial score (nSPS) is 10.6. The van der Waals surface area contributed by atoms with Crippen LogP contribution in [-0.2, 0) is 19.2 Å². The van der Waals surface area contributed by atoms with Gasteiger partial charge in [0.25, 0.3) is 0 Å². The first-order chi connectivity index (χ1) is 17.7. The summed E-state index contributed by atoms with van der Waals surface area (Å²) < 4.78 is 21.4. The first-order valence-electron chi connectivity index (χ1n) is 11.6. The minimum absolute atomic E-state index is 0.125. The van der Waals surface area contributed by atoms with Crippen LogP contribution >= 0.6 is 0 Å². The standard InChI is InChI=1S/C30H30O8/c1-17(2)27(31)35-23-11-21(12-24(15-23)36-28(32)18(3)4)9-10-22-13-25(37-29(33)19(5)6)16-26(14-22)38-30(34)20(7)8/h9-16,20H,1,3,5H2,2,4,6-8H3/b10-9+. The van der Waals surface area contributed by atoms with Gasteiger partial charge in [-0.15, -0.1) is 0 Å². The van der Waals surface area contributed by atoms with Crippen molar-refractivity contribution in [1.82, 2.24) is 0 Å².